The molecule has 0 fully saturated rings. The summed E-state index contributed by atoms with van der Waals surface area (Å²) >= 11 is 0. The minimum atomic E-state index is -4.37. The van der Waals surface area contributed by atoms with Gasteiger partial charge >= 0.3 is 6.18 Å². The van der Waals surface area contributed by atoms with E-state index in [0.717, 1.165) is 6.07 Å². The van der Waals surface area contributed by atoms with Crippen LogP contribution >= 0.6 is 0 Å². The number of hydrogen-bond acceptors (Lipinski definition) is 1. The topological polar surface area (TPSA) is 17.1 Å². The van der Waals surface area contributed by atoms with E-state index in [4.69, 9.17) is 0 Å². The van der Waals surface area contributed by atoms with Crippen LogP contribution in [0.1, 0.15) is 43.9 Å². The number of benzene rings is 1. The summed E-state index contributed by atoms with van der Waals surface area (Å²) in [4.78, 5) is 11.8. The third-order valence-corrected chi connectivity index (χ3v) is 2.74. The van der Waals surface area contributed by atoms with Gasteiger partial charge in [-0.25, -0.2) is 0 Å². The molecule has 0 spiro atoms. The molecule has 0 amide bonds. The molecule has 0 aliphatic rings. The quantitative estimate of drug-likeness (QED) is 0.788. The highest BCUT2D eigenvalue weighted by Gasteiger charge is 2.32. The number of halogens is 3. The van der Waals surface area contributed by atoms with E-state index in [-0.39, 0.29) is 23.2 Å². The number of hydrogen-bond donors (Lipinski definition) is 0. The van der Waals surface area contributed by atoms with Crippen molar-refractivity contribution in [1.82, 2.24) is 0 Å². The third kappa shape index (κ3) is 5.05. The predicted molar refractivity (Wildman–Crippen MR) is 69.0 cm³/mol. The van der Waals surface area contributed by atoms with Gasteiger partial charge in [-0.3, -0.25) is 4.79 Å². The summed E-state index contributed by atoms with van der Waals surface area (Å²) in [7, 11) is 0. The molecule has 1 aromatic rings. The van der Waals surface area contributed by atoms with E-state index in [1.807, 2.05) is 20.8 Å². The Morgan fingerprint density at radius 3 is 2.21 bits per heavy atom. The maximum atomic E-state index is 12.8. The minimum absolute atomic E-state index is 0.0375. The van der Waals surface area contributed by atoms with Crippen molar-refractivity contribution in [2.45, 2.75) is 46.7 Å². The average molecular weight is 272 g/mol. The van der Waals surface area contributed by atoms with E-state index < -0.39 is 11.7 Å². The molecule has 0 aromatic heterocycles. The highest BCUT2D eigenvalue weighted by molar-refractivity contribution is 5.81. The number of ketones is 1. The van der Waals surface area contributed by atoms with Crippen molar-refractivity contribution in [3.63, 3.8) is 0 Å². The van der Waals surface area contributed by atoms with Crippen LogP contribution in [0.2, 0.25) is 0 Å². The first-order chi connectivity index (χ1) is 8.49. The second kappa shape index (κ2) is 5.35. The molecule has 106 valence electrons. The Morgan fingerprint density at radius 2 is 1.74 bits per heavy atom. The summed E-state index contributed by atoms with van der Waals surface area (Å²) in [5, 5.41) is 0. The first kappa shape index (κ1) is 15.7. The Hall–Kier alpha value is -1.32. The standard InChI is InChI=1S/C15H19F3O/c1-10-5-6-11(8-13(10)15(16,17)18)7-12(19)9-14(2,3)4/h5-6,8H,7,9H2,1-4H3. The van der Waals surface area contributed by atoms with Crippen molar-refractivity contribution < 1.29 is 18.0 Å². The van der Waals surface area contributed by atoms with Crippen molar-refractivity contribution in [1.29, 1.82) is 0 Å². The number of alkyl halides is 3. The van der Waals surface area contributed by atoms with Gasteiger partial charge in [0.25, 0.3) is 0 Å². The zero-order valence-corrected chi connectivity index (χ0v) is 11.7. The predicted octanol–water partition coefficient (Wildman–Crippen LogP) is 4.56. The van der Waals surface area contributed by atoms with E-state index in [2.05, 4.69) is 0 Å². The molecule has 1 nitrogen and oxygen atoms in total. The van der Waals surface area contributed by atoms with Crippen molar-refractivity contribution >= 4 is 5.78 Å². The van der Waals surface area contributed by atoms with Crippen LogP contribution in [0.25, 0.3) is 0 Å². The summed E-state index contributed by atoms with van der Waals surface area (Å²) in [5.74, 6) is -0.0375. The summed E-state index contributed by atoms with van der Waals surface area (Å²) in [6, 6.07) is 4.09. The average Bonchev–Trinajstić information content (AvgIpc) is 2.16. The summed E-state index contributed by atoms with van der Waals surface area (Å²) in [5.41, 5.74) is -0.200. The lowest BCUT2D eigenvalue weighted by molar-refractivity contribution is -0.138. The molecule has 0 unspecified atom stereocenters. The zero-order valence-electron chi connectivity index (χ0n) is 11.7. The molecule has 19 heavy (non-hydrogen) atoms. The fourth-order valence-electron chi connectivity index (χ4n) is 1.97. The smallest absolute Gasteiger partial charge is 0.299 e. The highest BCUT2D eigenvalue weighted by Crippen LogP contribution is 2.32. The van der Waals surface area contributed by atoms with Crippen LogP contribution < -0.4 is 0 Å². The van der Waals surface area contributed by atoms with Gasteiger partial charge in [-0.2, -0.15) is 13.2 Å². The van der Waals surface area contributed by atoms with Crippen LogP contribution in [-0.4, -0.2) is 5.78 Å². The lowest BCUT2D eigenvalue weighted by Crippen LogP contribution is -2.15. The van der Waals surface area contributed by atoms with Gasteiger partial charge in [0.1, 0.15) is 5.78 Å². The first-order valence-electron chi connectivity index (χ1n) is 6.17. The van der Waals surface area contributed by atoms with E-state index in [0.29, 0.717) is 12.0 Å². The van der Waals surface area contributed by atoms with E-state index >= 15 is 0 Å². The lowest BCUT2D eigenvalue weighted by atomic mass is 9.88. The molecule has 4 heteroatoms. The number of carbonyl (C=O) groups is 1. The first-order valence-corrected chi connectivity index (χ1v) is 6.17. The Labute approximate surface area is 111 Å². The number of rotatable bonds is 3. The molecule has 0 aliphatic heterocycles. The Bertz CT molecular complexity index is 467. The molecule has 0 N–H and O–H groups in total. The van der Waals surface area contributed by atoms with Gasteiger partial charge in [0.15, 0.2) is 0 Å². The summed E-state index contributed by atoms with van der Waals surface area (Å²) < 4.78 is 38.3. The second-order valence-corrected chi connectivity index (χ2v) is 6.10. The van der Waals surface area contributed by atoms with Crippen molar-refractivity contribution in [3.05, 3.63) is 34.9 Å². The van der Waals surface area contributed by atoms with Gasteiger partial charge in [0.05, 0.1) is 5.56 Å². The van der Waals surface area contributed by atoms with E-state index in [1.165, 1.54) is 13.0 Å². The van der Waals surface area contributed by atoms with E-state index in [9.17, 15) is 18.0 Å². The van der Waals surface area contributed by atoms with Crippen molar-refractivity contribution in [2.75, 3.05) is 0 Å². The Kier molecular flexibility index (Phi) is 4.43. The lowest BCUT2D eigenvalue weighted by Gasteiger charge is -2.17. The normalized spacial score (nSPS) is 12.6. The monoisotopic (exact) mass is 272 g/mol. The molecular formula is C15H19F3O. The highest BCUT2D eigenvalue weighted by atomic mass is 19.4. The molecule has 0 saturated carbocycles. The van der Waals surface area contributed by atoms with Crippen LogP contribution in [0.15, 0.2) is 18.2 Å². The Balaban J connectivity index is 2.89. The summed E-state index contributed by atoms with van der Waals surface area (Å²) in [6.45, 7) is 7.22. The van der Waals surface area contributed by atoms with Crippen molar-refractivity contribution in [2.24, 2.45) is 5.41 Å². The SMILES string of the molecule is Cc1ccc(CC(=O)CC(C)(C)C)cc1C(F)(F)F. The number of aryl methyl sites for hydroxylation is 1. The van der Waals surface area contributed by atoms with Crippen molar-refractivity contribution in [3.8, 4) is 0 Å². The van der Waals surface area contributed by atoms with Gasteiger partial charge in [0.2, 0.25) is 0 Å². The van der Waals surface area contributed by atoms with Crippen LogP contribution in [-0.2, 0) is 17.4 Å². The maximum Gasteiger partial charge on any atom is 0.416 e. The molecular weight excluding hydrogens is 253 g/mol. The molecule has 1 aromatic carbocycles. The van der Waals surface area contributed by atoms with Gasteiger partial charge < -0.3 is 0 Å². The molecule has 0 bridgehead atoms. The number of Topliss-reactive ketones (excluding diaryl/α,β-unsaturated/α-hetero) is 1. The second-order valence-electron chi connectivity index (χ2n) is 6.10. The van der Waals surface area contributed by atoms with Gasteiger partial charge in [0, 0.05) is 12.8 Å². The van der Waals surface area contributed by atoms with Gasteiger partial charge in [-0.1, -0.05) is 32.9 Å². The molecule has 0 aliphatic carbocycles. The minimum Gasteiger partial charge on any atom is -0.299 e. The molecule has 0 atom stereocenters. The largest absolute Gasteiger partial charge is 0.416 e. The maximum absolute atomic E-state index is 12.8. The molecule has 1 rings (SSSR count). The van der Waals surface area contributed by atoms with Crippen LogP contribution in [0.3, 0.4) is 0 Å². The Morgan fingerprint density at radius 1 is 1.16 bits per heavy atom. The third-order valence-electron chi connectivity index (χ3n) is 2.74. The zero-order chi connectivity index (χ0) is 14.8. The molecule has 0 heterocycles. The van der Waals surface area contributed by atoms with Crippen LogP contribution in [0, 0.1) is 12.3 Å². The summed E-state index contributed by atoms with van der Waals surface area (Å²) in [6.07, 6.45) is -3.95. The number of carbonyl (C=O) groups excluding carboxylic acids is 1. The fraction of sp³-hybridized carbons (Fsp3) is 0.533. The fourth-order valence-corrected chi connectivity index (χ4v) is 1.97. The van der Waals surface area contributed by atoms with Crippen LogP contribution in [0.5, 0.6) is 0 Å². The van der Waals surface area contributed by atoms with Gasteiger partial charge in [-0.05, 0) is 29.5 Å². The van der Waals surface area contributed by atoms with Gasteiger partial charge in [-0.15, -0.1) is 0 Å². The molecule has 0 radical (unpaired) electrons. The van der Waals surface area contributed by atoms with Crippen LogP contribution in [0.4, 0.5) is 13.2 Å². The van der Waals surface area contributed by atoms with E-state index in [1.54, 1.807) is 6.07 Å². The molecule has 0 saturated heterocycles.